The second-order valence-corrected chi connectivity index (χ2v) is 4.03. The van der Waals surface area contributed by atoms with Crippen molar-refractivity contribution in [2.45, 2.75) is 6.92 Å². The summed E-state index contributed by atoms with van der Waals surface area (Å²) in [5.74, 6) is -0.543. The molecule has 19 heavy (non-hydrogen) atoms. The van der Waals surface area contributed by atoms with Crippen LogP contribution in [0.4, 0.5) is 5.69 Å². The maximum Gasteiger partial charge on any atom is 0.278 e. The third-order valence-electron chi connectivity index (χ3n) is 2.63. The van der Waals surface area contributed by atoms with Crippen LogP contribution in [0, 0.1) is 6.92 Å². The van der Waals surface area contributed by atoms with E-state index in [4.69, 9.17) is 4.74 Å². The van der Waals surface area contributed by atoms with E-state index in [9.17, 15) is 9.90 Å². The molecular weight excluding hydrogens is 244 g/mol. The number of aryl methyl sites for hydroxylation is 1. The Morgan fingerprint density at radius 1 is 1.26 bits per heavy atom. The number of amides is 1. The predicted octanol–water partition coefficient (Wildman–Crippen LogP) is 2.36. The molecule has 2 aromatic rings. The lowest BCUT2D eigenvalue weighted by atomic mass is 10.2. The smallest absolute Gasteiger partial charge is 0.278 e. The van der Waals surface area contributed by atoms with Crippen molar-refractivity contribution in [3.8, 4) is 11.5 Å². The number of hydrogen-bond acceptors (Lipinski definition) is 4. The lowest BCUT2D eigenvalue weighted by Crippen LogP contribution is -2.14. The average Bonchev–Trinajstić information content (AvgIpc) is 2.41. The van der Waals surface area contributed by atoms with Crippen LogP contribution >= 0.6 is 0 Å². The van der Waals surface area contributed by atoms with Crippen LogP contribution in [0.15, 0.2) is 36.5 Å². The van der Waals surface area contributed by atoms with Gasteiger partial charge in [-0.3, -0.25) is 4.79 Å². The van der Waals surface area contributed by atoms with Gasteiger partial charge in [0.1, 0.15) is 0 Å². The zero-order valence-corrected chi connectivity index (χ0v) is 10.7. The predicted molar refractivity (Wildman–Crippen MR) is 71.6 cm³/mol. The molecule has 98 valence electrons. The Labute approximate surface area is 110 Å². The Hall–Kier alpha value is -2.56. The van der Waals surface area contributed by atoms with Gasteiger partial charge in [0, 0.05) is 18.0 Å². The highest BCUT2D eigenvalue weighted by atomic mass is 16.5. The number of aromatic hydroxyl groups is 1. The molecule has 0 spiro atoms. The molecule has 0 aliphatic rings. The van der Waals surface area contributed by atoms with Crippen LogP contribution in [0.2, 0.25) is 0 Å². The van der Waals surface area contributed by atoms with E-state index in [0.29, 0.717) is 5.69 Å². The Bertz CT molecular complexity index is 594. The summed E-state index contributed by atoms with van der Waals surface area (Å²) in [5, 5.41) is 12.5. The first-order valence-electron chi connectivity index (χ1n) is 5.72. The maximum absolute atomic E-state index is 12.0. The van der Waals surface area contributed by atoms with Crippen LogP contribution in [0.5, 0.6) is 11.5 Å². The number of ether oxygens (including phenoxy) is 1. The molecule has 2 rings (SSSR count). The third-order valence-corrected chi connectivity index (χ3v) is 2.63. The van der Waals surface area contributed by atoms with Crippen molar-refractivity contribution in [1.29, 1.82) is 0 Å². The highest BCUT2D eigenvalue weighted by Crippen LogP contribution is 2.28. The van der Waals surface area contributed by atoms with Gasteiger partial charge in [0.25, 0.3) is 5.91 Å². The highest BCUT2D eigenvalue weighted by Gasteiger charge is 2.16. The lowest BCUT2D eigenvalue weighted by Gasteiger charge is -2.08. The van der Waals surface area contributed by atoms with Crippen LogP contribution in [-0.2, 0) is 0 Å². The number of nitrogens with zero attached hydrogens (tertiary/aromatic N) is 1. The second-order valence-electron chi connectivity index (χ2n) is 4.03. The minimum Gasteiger partial charge on any atom is -0.503 e. The number of hydrogen-bond donors (Lipinski definition) is 2. The molecule has 1 aromatic heterocycles. The zero-order valence-electron chi connectivity index (χ0n) is 10.7. The standard InChI is InChI=1S/C14H14N2O3/c1-9-3-5-10(6-4-9)16-14(18)12-13(17)11(19-2)7-8-15-12/h3-8,17H,1-2H3,(H,16,18). The Morgan fingerprint density at radius 3 is 2.58 bits per heavy atom. The highest BCUT2D eigenvalue weighted by molar-refractivity contribution is 6.05. The van der Waals surface area contributed by atoms with E-state index in [1.54, 1.807) is 12.1 Å². The molecule has 2 N–H and O–H groups in total. The van der Waals surface area contributed by atoms with E-state index < -0.39 is 5.91 Å². The van der Waals surface area contributed by atoms with E-state index in [1.807, 2.05) is 19.1 Å². The Morgan fingerprint density at radius 2 is 1.95 bits per heavy atom. The number of benzene rings is 1. The molecule has 1 amide bonds. The monoisotopic (exact) mass is 258 g/mol. The van der Waals surface area contributed by atoms with Gasteiger partial charge < -0.3 is 15.2 Å². The third kappa shape index (κ3) is 2.82. The van der Waals surface area contributed by atoms with Crippen LogP contribution in [0.3, 0.4) is 0 Å². The number of carbonyl (C=O) groups excluding carboxylic acids is 1. The van der Waals surface area contributed by atoms with Gasteiger partial charge in [-0.2, -0.15) is 0 Å². The van der Waals surface area contributed by atoms with Gasteiger partial charge >= 0.3 is 0 Å². The number of aromatic nitrogens is 1. The van der Waals surface area contributed by atoms with Crippen LogP contribution in [-0.4, -0.2) is 23.1 Å². The van der Waals surface area contributed by atoms with Gasteiger partial charge in [-0.1, -0.05) is 17.7 Å². The summed E-state index contributed by atoms with van der Waals surface area (Å²) < 4.78 is 4.93. The molecule has 5 heteroatoms. The molecule has 0 unspecified atom stereocenters. The number of carbonyl (C=O) groups is 1. The van der Waals surface area contributed by atoms with Gasteiger partial charge in [-0.15, -0.1) is 0 Å². The summed E-state index contributed by atoms with van der Waals surface area (Å²) in [6.07, 6.45) is 1.41. The van der Waals surface area contributed by atoms with Gasteiger partial charge in [0.15, 0.2) is 17.2 Å². The number of rotatable bonds is 3. The first-order valence-corrected chi connectivity index (χ1v) is 5.72. The van der Waals surface area contributed by atoms with Crippen LogP contribution < -0.4 is 10.1 Å². The van der Waals surface area contributed by atoms with E-state index in [-0.39, 0.29) is 17.2 Å². The number of methoxy groups -OCH3 is 1. The molecule has 0 aliphatic carbocycles. The molecule has 0 radical (unpaired) electrons. The van der Waals surface area contributed by atoms with Crippen LogP contribution in [0.1, 0.15) is 16.1 Å². The summed E-state index contributed by atoms with van der Waals surface area (Å²) in [6, 6.07) is 8.82. The quantitative estimate of drug-likeness (QED) is 0.886. The van der Waals surface area contributed by atoms with Crippen molar-refractivity contribution in [2.24, 2.45) is 0 Å². The summed E-state index contributed by atoms with van der Waals surface area (Å²) in [6.45, 7) is 1.96. The fraction of sp³-hybridized carbons (Fsp3) is 0.143. The molecule has 0 aliphatic heterocycles. The van der Waals surface area contributed by atoms with Crippen molar-refractivity contribution >= 4 is 11.6 Å². The molecule has 0 fully saturated rings. The summed E-state index contributed by atoms with van der Waals surface area (Å²) in [7, 11) is 1.41. The van der Waals surface area contributed by atoms with E-state index in [1.165, 1.54) is 19.4 Å². The maximum atomic E-state index is 12.0. The lowest BCUT2D eigenvalue weighted by molar-refractivity contribution is 0.101. The summed E-state index contributed by atoms with van der Waals surface area (Å²) in [5.41, 5.74) is 1.67. The first-order chi connectivity index (χ1) is 9.11. The molecule has 1 aromatic carbocycles. The molecule has 0 bridgehead atoms. The van der Waals surface area contributed by atoms with Gasteiger partial charge in [-0.25, -0.2) is 4.98 Å². The van der Waals surface area contributed by atoms with Gasteiger partial charge in [0.2, 0.25) is 0 Å². The average molecular weight is 258 g/mol. The zero-order chi connectivity index (χ0) is 13.8. The minimum atomic E-state index is -0.486. The number of nitrogens with one attached hydrogen (secondary N) is 1. The topological polar surface area (TPSA) is 71.5 Å². The molecule has 0 atom stereocenters. The molecule has 0 saturated carbocycles. The first kappa shape index (κ1) is 12.9. The minimum absolute atomic E-state index is 0.0695. The van der Waals surface area contributed by atoms with Crippen molar-refractivity contribution < 1.29 is 14.6 Å². The summed E-state index contributed by atoms with van der Waals surface area (Å²) in [4.78, 5) is 15.9. The van der Waals surface area contributed by atoms with Crippen LogP contribution in [0.25, 0.3) is 0 Å². The SMILES string of the molecule is COc1ccnc(C(=O)Nc2ccc(C)cc2)c1O. The Kier molecular flexibility index (Phi) is 3.66. The molecule has 0 saturated heterocycles. The van der Waals surface area contributed by atoms with Crippen molar-refractivity contribution in [2.75, 3.05) is 12.4 Å². The van der Waals surface area contributed by atoms with Crippen molar-refractivity contribution in [3.63, 3.8) is 0 Å². The number of anilines is 1. The normalized spacial score (nSPS) is 10.0. The second kappa shape index (κ2) is 5.39. The Balaban J connectivity index is 2.23. The number of pyridine rings is 1. The van der Waals surface area contributed by atoms with E-state index in [0.717, 1.165) is 5.56 Å². The fourth-order valence-corrected chi connectivity index (χ4v) is 1.59. The van der Waals surface area contributed by atoms with Gasteiger partial charge in [-0.05, 0) is 19.1 Å². The van der Waals surface area contributed by atoms with E-state index >= 15 is 0 Å². The van der Waals surface area contributed by atoms with Crippen molar-refractivity contribution in [3.05, 3.63) is 47.8 Å². The fourth-order valence-electron chi connectivity index (χ4n) is 1.59. The van der Waals surface area contributed by atoms with Crippen molar-refractivity contribution in [1.82, 2.24) is 4.98 Å². The molecular formula is C14H14N2O3. The van der Waals surface area contributed by atoms with E-state index in [2.05, 4.69) is 10.3 Å². The largest absolute Gasteiger partial charge is 0.503 e. The molecule has 1 heterocycles. The summed E-state index contributed by atoms with van der Waals surface area (Å²) >= 11 is 0. The molecule has 5 nitrogen and oxygen atoms in total. The van der Waals surface area contributed by atoms with Gasteiger partial charge in [0.05, 0.1) is 7.11 Å².